The van der Waals surface area contributed by atoms with Gasteiger partial charge in [-0.1, -0.05) is 30.7 Å². The van der Waals surface area contributed by atoms with Gasteiger partial charge >= 0.3 is 0 Å². The lowest BCUT2D eigenvalue weighted by molar-refractivity contribution is 0.268. The van der Waals surface area contributed by atoms with Crippen LogP contribution in [0.15, 0.2) is 24.3 Å². The normalized spacial score (nSPS) is 13.2. The van der Waals surface area contributed by atoms with E-state index in [4.69, 9.17) is 11.6 Å². The summed E-state index contributed by atoms with van der Waals surface area (Å²) in [6.07, 6.45) is 1.11. The number of likely N-dealkylation sites (N-methyl/N-ethyl adjacent to an activating group) is 2. The van der Waals surface area contributed by atoms with Gasteiger partial charge in [-0.25, -0.2) is 0 Å². The third-order valence-electron chi connectivity index (χ3n) is 3.45. The maximum atomic E-state index is 5.96. The number of rotatable bonds is 9. The molecule has 0 aliphatic heterocycles. The van der Waals surface area contributed by atoms with Crippen molar-refractivity contribution in [2.75, 3.05) is 47.3 Å². The van der Waals surface area contributed by atoms with Crippen molar-refractivity contribution in [3.63, 3.8) is 0 Å². The van der Waals surface area contributed by atoms with Crippen LogP contribution in [0.1, 0.15) is 24.9 Å². The molecular weight excluding hydrogens is 270 g/mol. The van der Waals surface area contributed by atoms with Crippen LogP contribution in [0.3, 0.4) is 0 Å². The SMILES string of the molecule is CCNC(CCN(C)CCN(C)C)c1ccc(Cl)cc1. The molecule has 0 fully saturated rings. The van der Waals surface area contributed by atoms with Gasteiger partial charge < -0.3 is 15.1 Å². The Bertz CT molecular complexity index is 364. The number of hydrogen-bond acceptors (Lipinski definition) is 3. The molecule has 20 heavy (non-hydrogen) atoms. The van der Waals surface area contributed by atoms with Crippen molar-refractivity contribution in [3.05, 3.63) is 34.9 Å². The Morgan fingerprint density at radius 3 is 2.25 bits per heavy atom. The summed E-state index contributed by atoms with van der Waals surface area (Å²) in [5.41, 5.74) is 1.32. The molecule has 0 aromatic heterocycles. The topological polar surface area (TPSA) is 18.5 Å². The molecule has 0 aliphatic carbocycles. The highest BCUT2D eigenvalue weighted by Gasteiger charge is 2.11. The molecule has 0 saturated carbocycles. The van der Waals surface area contributed by atoms with Crippen LogP contribution in [-0.2, 0) is 0 Å². The molecule has 1 aromatic rings. The van der Waals surface area contributed by atoms with Crippen LogP contribution in [0, 0.1) is 0 Å². The Morgan fingerprint density at radius 2 is 1.70 bits per heavy atom. The third kappa shape index (κ3) is 6.71. The third-order valence-corrected chi connectivity index (χ3v) is 3.70. The lowest BCUT2D eigenvalue weighted by atomic mass is 10.0. The smallest absolute Gasteiger partial charge is 0.0406 e. The van der Waals surface area contributed by atoms with Crippen LogP contribution in [0.5, 0.6) is 0 Å². The molecular formula is C16H28ClN3. The highest BCUT2D eigenvalue weighted by Crippen LogP contribution is 2.19. The van der Waals surface area contributed by atoms with Gasteiger partial charge in [0.25, 0.3) is 0 Å². The van der Waals surface area contributed by atoms with Gasteiger partial charge in [-0.3, -0.25) is 0 Å². The summed E-state index contributed by atoms with van der Waals surface area (Å²) >= 11 is 5.96. The molecule has 0 spiro atoms. The minimum atomic E-state index is 0.402. The first-order valence-corrected chi connectivity index (χ1v) is 7.72. The van der Waals surface area contributed by atoms with Gasteiger partial charge in [0.15, 0.2) is 0 Å². The number of halogens is 1. The van der Waals surface area contributed by atoms with E-state index in [0.29, 0.717) is 6.04 Å². The molecule has 1 rings (SSSR count). The maximum absolute atomic E-state index is 5.96. The standard InChI is InChI=1S/C16H28ClN3/c1-5-18-16(14-6-8-15(17)9-7-14)10-11-20(4)13-12-19(2)3/h6-9,16,18H,5,10-13H2,1-4H3. The molecule has 1 N–H and O–H groups in total. The monoisotopic (exact) mass is 297 g/mol. The highest BCUT2D eigenvalue weighted by molar-refractivity contribution is 6.30. The van der Waals surface area contributed by atoms with Crippen molar-refractivity contribution in [3.8, 4) is 0 Å². The first-order valence-electron chi connectivity index (χ1n) is 7.35. The van der Waals surface area contributed by atoms with Crippen molar-refractivity contribution >= 4 is 11.6 Å². The van der Waals surface area contributed by atoms with E-state index >= 15 is 0 Å². The quantitative estimate of drug-likeness (QED) is 0.756. The zero-order chi connectivity index (χ0) is 15.0. The lowest BCUT2D eigenvalue weighted by Crippen LogP contribution is -2.32. The van der Waals surface area contributed by atoms with E-state index in [0.717, 1.165) is 37.6 Å². The van der Waals surface area contributed by atoms with Crippen LogP contribution in [-0.4, -0.2) is 57.1 Å². The molecule has 0 saturated heterocycles. The lowest BCUT2D eigenvalue weighted by Gasteiger charge is -2.23. The summed E-state index contributed by atoms with van der Waals surface area (Å²) in [5.74, 6) is 0. The first-order chi connectivity index (χ1) is 9.52. The van der Waals surface area contributed by atoms with Crippen molar-refractivity contribution in [1.82, 2.24) is 15.1 Å². The number of nitrogens with zero attached hydrogens (tertiary/aromatic N) is 2. The predicted octanol–water partition coefficient (Wildman–Crippen LogP) is 2.87. The van der Waals surface area contributed by atoms with Crippen LogP contribution >= 0.6 is 11.6 Å². The minimum Gasteiger partial charge on any atom is -0.310 e. The summed E-state index contributed by atoms with van der Waals surface area (Å²) in [4.78, 5) is 4.61. The van der Waals surface area contributed by atoms with Gasteiger partial charge in [-0.05, 0) is 58.3 Å². The molecule has 0 radical (unpaired) electrons. The number of hydrogen-bond donors (Lipinski definition) is 1. The van der Waals surface area contributed by atoms with Gasteiger partial charge in [0, 0.05) is 24.2 Å². The van der Waals surface area contributed by atoms with Crippen molar-refractivity contribution in [1.29, 1.82) is 0 Å². The van der Waals surface area contributed by atoms with E-state index in [1.807, 2.05) is 12.1 Å². The maximum Gasteiger partial charge on any atom is 0.0406 e. The van der Waals surface area contributed by atoms with Gasteiger partial charge in [0.05, 0.1) is 0 Å². The Kier molecular flexibility index (Phi) is 8.15. The Morgan fingerprint density at radius 1 is 1.05 bits per heavy atom. The highest BCUT2D eigenvalue weighted by atomic mass is 35.5. The van der Waals surface area contributed by atoms with E-state index in [9.17, 15) is 0 Å². The summed E-state index contributed by atoms with van der Waals surface area (Å²) in [6, 6.07) is 8.58. The fraction of sp³-hybridized carbons (Fsp3) is 0.625. The summed E-state index contributed by atoms with van der Waals surface area (Å²) < 4.78 is 0. The number of benzene rings is 1. The van der Waals surface area contributed by atoms with Crippen LogP contribution < -0.4 is 5.32 Å². The zero-order valence-electron chi connectivity index (χ0n) is 13.2. The molecule has 114 valence electrons. The molecule has 0 aliphatic rings. The van der Waals surface area contributed by atoms with E-state index in [2.05, 4.69) is 55.3 Å². The molecule has 0 heterocycles. The largest absolute Gasteiger partial charge is 0.310 e. The zero-order valence-corrected chi connectivity index (χ0v) is 14.0. The molecule has 0 amide bonds. The Hall–Kier alpha value is -0.610. The number of nitrogens with one attached hydrogen (secondary N) is 1. The van der Waals surface area contributed by atoms with Crippen molar-refractivity contribution in [2.45, 2.75) is 19.4 Å². The van der Waals surface area contributed by atoms with Gasteiger partial charge in [0.2, 0.25) is 0 Å². The van der Waals surface area contributed by atoms with Crippen molar-refractivity contribution < 1.29 is 0 Å². The first kappa shape index (κ1) is 17.4. The summed E-state index contributed by atoms with van der Waals surface area (Å²) in [5, 5.41) is 4.36. The van der Waals surface area contributed by atoms with E-state index in [1.54, 1.807) is 0 Å². The fourth-order valence-corrected chi connectivity index (χ4v) is 2.29. The van der Waals surface area contributed by atoms with Crippen LogP contribution in [0.25, 0.3) is 0 Å². The minimum absolute atomic E-state index is 0.402. The molecule has 0 bridgehead atoms. The summed E-state index contributed by atoms with van der Waals surface area (Å²) in [6.45, 7) is 6.43. The molecule has 1 unspecified atom stereocenters. The van der Waals surface area contributed by atoms with Crippen LogP contribution in [0.2, 0.25) is 5.02 Å². The fourth-order valence-electron chi connectivity index (χ4n) is 2.16. The Labute approximate surface area is 128 Å². The second-order valence-corrected chi connectivity index (χ2v) is 5.99. The predicted molar refractivity (Wildman–Crippen MR) is 88.5 cm³/mol. The molecule has 1 aromatic carbocycles. The second kappa shape index (κ2) is 9.35. The van der Waals surface area contributed by atoms with Crippen LogP contribution in [0.4, 0.5) is 0 Å². The summed E-state index contributed by atoms with van der Waals surface area (Å²) in [7, 11) is 6.42. The van der Waals surface area contributed by atoms with E-state index < -0.39 is 0 Å². The second-order valence-electron chi connectivity index (χ2n) is 5.56. The Balaban J connectivity index is 2.48. The molecule has 1 atom stereocenters. The average molecular weight is 298 g/mol. The van der Waals surface area contributed by atoms with E-state index in [-0.39, 0.29) is 0 Å². The van der Waals surface area contributed by atoms with Gasteiger partial charge in [-0.2, -0.15) is 0 Å². The van der Waals surface area contributed by atoms with E-state index in [1.165, 1.54) is 5.56 Å². The van der Waals surface area contributed by atoms with Gasteiger partial charge in [0.1, 0.15) is 0 Å². The molecule has 3 nitrogen and oxygen atoms in total. The van der Waals surface area contributed by atoms with Gasteiger partial charge in [-0.15, -0.1) is 0 Å². The van der Waals surface area contributed by atoms with Crippen molar-refractivity contribution in [2.24, 2.45) is 0 Å². The average Bonchev–Trinajstić information content (AvgIpc) is 2.42. The molecule has 4 heteroatoms.